The molecule has 1 aromatic heterocycles. The van der Waals surface area contributed by atoms with Crippen molar-refractivity contribution in [2.75, 3.05) is 38.5 Å². The lowest BCUT2D eigenvalue weighted by Gasteiger charge is -2.37. The molecule has 1 saturated heterocycles. The number of nitrogens with two attached hydrogens (primary N) is 1. The Morgan fingerprint density at radius 2 is 2.00 bits per heavy atom. The molecule has 0 aromatic carbocycles. The Morgan fingerprint density at radius 3 is 2.50 bits per heavy atom. The van der Waals surface area contributed by atoms with E-state index in [1.54, 1.807) is 30.9 Å². The normalized spacial score (nSPS) is 17.2. The number of pyridine rings is 1. The SMILES string of the molecule is CC(C)(O)CN1CCN(C(=O)c2ccc(N)cn2)CC1. The lowest BCUT2D eigenvalue weighted by atomic mass is 10.1. The van der Waals surface area contributed by atoms with Crippen LogP contribution < -0.4 is 5.73 Å². The Bertz CT molecular complexity index is 459. The van der Waals surface area contributed by atoms with Gasteiger partial charge in [0, 0.05) is 32.7 Å². The van der Waals surface area contributed by atoms with Gasteiger partial charge in [0.1, 0.15) is 5.69 Å². The summed E-state index contributed by atoms with van der Waals surface area (Å²) >= 11 is 0. The summed E-state index contributed by atoms with van der Waals surface area (Å²) in [6, 6.07) is 3.34. The van der Waals surface area contributed by atoms with Crippen molar-refractivity contribution in [3.05, 3.63) is 24.0 Å². The van der Waals surface area contributed by atoms with Gasteiger partial charge < -0.3 is 15.7 Å². The maximum Gasteiger partial charge on any atom is 0.272 e. The third kappa shape index (κ3) is 3.91. The number of carbonyl (C=O) groups is 1. The molecule has 0 saturated carbocycles. The summed E-state index contributed by atoms with van der Waals surface area (Å²) in [7, 11) is 0. The van der Waals surface area contributed by atoms with E-state index in [0.717, 1.165) is 13.1 Å². The Labute approximate surface area is 119 Å². The van der Waals surface area contributed by atoms with E-state index >= 15 is 0 Å². The van der Waals surface area contributed by atoms with Gasteiger partial charge in [-0.25, -0.2) is 4.98 Å². The zero-order valence-corrected chi connectivity index (χ0v) is 12.0. The van der Waals surface area contributed by atoms with Gasteiger partial charge in [-0.2, -0.15) is 0 Å². The number of rotatable bonds is 3. The number of nitrogens with zero attached hydrogens (tertiary/aromatic N) is 3. The van der Waals surface area contributed by atoms with Crippen molar-refractivity contribution >= 4 is 11.6 Å². The van der Waals surface area contributed by atoms with Crippen LogP contribution in [0.4, 0.5) is 5.69 Å². The first-order valence-electron chi connectivity index (χ1n) is 6.81. The lowest BCUT2D eigenvalue weighted by Crippen LogP contribution is -2.52. The largest absolute Gasteiger partial charge is 0.397 e. The highest BCUT2D eigenvalue weighted by atomic mass is 16.3. The molecule has 0 unspecified atom stereocenters. The molecule has 1 aliphatic rings. The van der Waals surface area contributed by atoms with Crippen molar-refractivity contribution in [3.63, 3.8) is 0 Å². The molecule has 110 valence electrons. The minimum atomic E-state index is -0.704. The highest BCUT2D eigenvalue weighted by Crippen LogP contribution is 2.11. The van der Waals surface area contributed by atoms with Crippen LogP contribution in [0.2, 0.25) is 0 Å². The van der Waals surface area contributed by atoms with Crippen LogP contribution in [0.5, 0.6) is 0 Å². The van der Waals surface area contributed by atoms with Crippen LogP contribution in [0.3, 0.4) is 0 Å². The van der Waals surface area contributed by atoms with Crippen LogP contribution in [0.25, 0.3) is 0 Å². The summed E-state index contributed by atoms with van der Waals surface area (Å²) in [5, 5.41) is 9.80. The van der Waals surface area contributed by atoms with Gasteiger partial charge >= 0.3 is 0 Å². The fourth-order valence-electron chi connectivity index (χ4n) is 2.35. The van der Waals surface area contributed by atoms with E-state index in [2.05, 4.69) is 9.88 Å². The number of nitrogen functional groups attached to an aromatic ring is 1. The average molecular weight is 278 g/mol. The Hall–Kier alpha value is -1.66. The molecule has 1 amide bonds. The van der Waals surface area contributed by atoms with E-state index in [9.17, 15) is 9.90 Å². The topological polar surface area (TPSA) is 82.7 Å². The molecule has 0 bridgehead atoms. The second-order valence-corrected chi connectivity index (χ2v) is 5.86. The zero-order chi connectivity index (χ0) is 14.8. The van der Waals surface area contributed by atoms with E-state index in [1.165, 1.54) is 6.20 Å². The van der Waals surface area contributed by atoms with Gasteiger partial charge in [-0.1, -0.05) is 0 Å². The summed E-state index contributed by atoms with van der Waals surface area (Å²) in [5.41, 5.74) is 5.84. The molecule has 0 spiro atoms. The number of hydrogen-bond donors (Lipinski definition) is 2. The molecular weight excluding hydrogens is 256 g/mol. The zero-order valence-electron chi connectivity index (χ0n) is 12.0. The quantitative estimate of drug-likeness (QED) is 0.825. The van der Waals surface area contributed by atoms with Gasteiger partial charge in [-0.3, -0.25) is 9.69 Å². The van der Waals surface area contributed by atoms with E-state index in [-0.39, 0.29) is 5.91 Å². The maximum absolute atomic E-state index is 12.3. The average Bonchev–Trinajstić information content (AvgIpc) is 2.38. The van der Waals surface area contributed by atoms with Crippen LogP contribution in [0.15, 0.2) is 18.3 Å². The molecular formula is C14H22N4O2. The lowest BCUT2D eigenvalue weighted by molar-refractivity contribution is 0.0177. The smallest absolute Gasteiger partial charge is 0.272 e. The Morgan fingerprint density at radius 1 is 1.35 bits per heavy atom. The fourth-order valence-corrected chi connectivity index (χ4v) is 2.35. The molecule has 6 heteroatoms. The number of β-amino-alcohol motifs (C(OH)–C–C–N with tert-alkyl or cyclic N) is 1. The van der Waals surface area contributed by atoms with Crippen LogP contribution in [0.1, 0.15) is 24.3 Å². The number of anilines is 1. The van der Waals surface area contributed by atoms with E-state index in [1.807, 2.05) is 0 Å². The number of aromatic nitrogens is 1. The molecule has 1 aromatic rings. The molecule has 0 atom stereocenters. The highest BCUT2D eigenvalue weighted by Gasteiger charge is 2.25. The summed E-state index contributed by atoms with van der Waals surface area (Å²) in [5.74, 6) is -0.0621. The standard InChI is InChI=1S/C14H22N4O2/c1-14(2,20)10-17-5-7-18(8-6-17)13(19)12-4-3-11(15)9-16-12/h3-4,9,20H,5-8,10,15H2,1-2H3. The molecule has 0 aliphatic carbocycles. The van der Waals surface area contributed by atoms with Gasteiger partial charge in [0.25, 0.3) is 5.91 Å². The van der Waals surface area contributed by atoms with Gasteiger partial charge in [0.15, 0.2) is 0 Å². The second kappa shape index (κ2) is 5.76. The predicted molar refractivity (Wildman–Crippen MR) is 77.3 cm³/mol. The second-order valence-electron chi connectivity index (χ2n) is 5.86. The van der Waals surface area contributed by atoms with Crippen molar-refractivity contribution in [1.82, 2.24) is 14.8 Å². The van der Waals surface area contributed by atoms with Crippen LogP contribution in [0, 0.1) is 0 Å². The maximum atomic E-state index is 12.3. The first kappa shape index (κ1) is 14.7. The molecule has 6 nitrogen and oxygen atoms in total. The molecule has 2 rings (SSSR count). The summed E-state index contributed by atoms with van der Waals surface area (Å²) in [6.45, 7) is 7.05. The first-order chi connectivity index (χ1) is 9.35. The number of piperazine rings is 1. The van der Waals surface area contributed by atoms with Crippen molar-refractivity contribution in [2.24, 2.45) is 0 Å². The van der Waals surface area contributed by atoms with Crippen LogP contribution in [-0.2, 0) is 0 Å². The predicted octanol–water partition coefficient (Wildman–Crippen LogP) is 0.193. The van der Waals surface area contributed by atoms with Crippen molar-refractivity contribution < 1.29 is 9.90 Å². The summed E-state index contributed by atoms with van der Waals surface area (Å²) in [6.07, 6.45) is 1.50. The molecule has 1 fully saturated rings. The third-order valence-corrected chi connectivity index (χ3v) is 3.28. The number of hydrogen-bond acceptors (Lipinski definition) is 5. The van der Waals surface area contributed by atoms with Gasteiger partial charge in [-0.15, -0.1) is 0 Å². The minimum Gasteiger partial charge on any atom is -0.397 e. The van der Waals surface area contributed by atoms with Crippen molar-refractivity contribution in [3.8, 4) is 0 Å². The third-order valence-electron chi connectivity index (χ3n) is 3.28. The fraction of sp³-hybridized carbons (Fsp3) is 0.571. The van der Waals surface area contributed by atoms with Gasteiger partial charge in [0.05, 0.1) is 17.5 Å². The number of amides is 1. The van der Waals surface area contributed by atoms with Crippen molar-refractivity contribution in [2.45, 2.75) is 19.4 Å². The molecule has 3 N–H and O–H groups in total. The summed E-state index contributed by atoms with van der Waals surface area (Å²) < 4.78 is 0. The van der Waals surface area contributed by atoms with Gasteiger partial charge in [-0.05, 0) is 26.0 Å². The van der Waals surface area contributed by atoms with Crippen LogP contribution in [-0.4, -0.2) is 64.1 Å². The molecule has 0 radical (unpaired) electrons. The van der Waals surface area contributed by atoms with E-state index < -0.39 is 5.60 Å². The molecule has 20 heavy (non-hydrogen) atoms. The first-order valence-corrected chi connectivity index (χ1v) is 6.81. The van der Waals surface area contributed by atoms with Gasteiger partial charge in [0.2, 0.25) is 0 Å². The Kier molecular flexibility index (Phi) is 4.25. The monoisotopic (exact) mass is 278 g/mol. The molecule has 1 aliphatic heterocycles. The molecule has 2 heterocycles. The Balaban J connectivity index is 1.90. The van der Waals surface area contributed by atoms with Crippen molar-refractivity contribution in [1.29, 1.82) is 0 Å². The summed E-state index contributed by atoms with van der Waals surface area (Å²) in [4.78, 5) is 20.3. The minimum absolute atomic E-state index is 0.0621. The van der Waals surface area contributed by atoms with E-state index in [4.69, 9.17) is 5.73 Å². The van der Waals surface area contributed by atoms with E-state index in [0.29, 0.717) is 31.0 Å². The highest BCUT2D eigenvalue weighted by molar-refractivity contribution is 5.92. The van der Waals surface area contributed by atoms with Crippen LogP contribution >= 0.6 is 0 Å². The number of carbonyl (C=O) groups excluding carboxylic acids is 1. The number of aliphatic hydroxyl groups is 1.